The maximum absolute atomic E-state index is 14.0. The monoisotopic (exact) mass is 659 g/mol. The van der Waals surface area contributed by atoms with Gasteiger partial charge in [0.05, 0.1) is 31.3 Å². The normalized spacial score (nSPS) is 16.9. The molecule has 2 heterocycles. The Morgan fingerprint density at radius 1 is 1.00 bits per heavy atom. The van der Waals surface area contributed by atoms with Gasteiger partial charge in [-0.25, -0.2) is 14.6 Å². The molecule has 0 saturated heterocycles. The van der Waals surface area contributed by atoms with E-state index in [1.807, 2.05) is 47.8 Å². The highest BCUT2D eigenvalue weighted by molar-refractivity contribution is 7.51. The van der Waals surface area contributed by atoms with Crippen LogP contribution < -0.4 is 15.7 Å². The van der Waals surface area contributed by atoms with Gasteiger partial charge in [-0.05, 0) is 49.6 Å². The molecule has 0 aliphatic heterocycles. The standard InChI is InChI=1S/C32H46N5O6PS/c1-3-42-44(41,43-4-2)37-28(19-24-14-9-6-10-15-24)32(40)36-27(20-25-21-33-22-34-25)31(39)35-26(18-23-12-7-5-8-13-23)30(38)29-16-11-17-45-29/h6,9-11,14-17,21-23,26-28,30,38H,3-5,7-8,12-13,18-20H2,1-2H3,(H,33,34)(H,35,39)(H,36,40)(H,37,41)/t26-,27+,28+,30+/m1/s1. The highest BCUT2D eigenvalue weighted by Gasteiger charge is 2.35. The number of thiophene rings is 1. The van der Waals surface area contributed by atoms with Gasteiger partial charge in [0.1, 0.15) is 18.2 Å². The van der Waals surface area contributed by atoms with E-state index in [-0.39, 0.29) is 26.1 Å². The zero-order chi connectivity index (χ0) is 32.1. The van der Waals surface area contributed by atoms with Crippen molar-refractivity contribution in [3.8, 4) is 0 Å². The van der Waals surface area contributed by atoms with Gasteiger partial charge in [-0.15, -0.1) is 11.3 Å². The fourth-order valence-electron chi connectivity index (χ4n) is 5.77. The van der Waals surface area contributed by atoms with Crippen molar-refractivity contribution in [1.29, 1.82) is 0 Å². The number of carbonyl (C=O) groups excluding carboxylic acids is 2. The lowest BCUT2D eigenvalue weighted by atomic mass is 9.83. The number of aromatic nitrogens is 2. The molecule has 0 unspecified atom stereocenters. The minimum absolute atomic E-state index is 0.110. The molecule has 1 aliphatic rings. The van der Waals surface area contributed by atoms with Crippen molar-refractivity contribution in [2.45, 2.75) is 89.4 Å². The predicted molar refractivity (Wildman–Crippen MR) is 175 cm³/mol. The first-order chi connectivity index (χ1) is 21.8. The molecule has 0 spiro atoms. The van der Waals surface area contributed by atoms with Crippen LogP contribution >= 0.6 is 19.1 Å². The van der Waals surface area contributed by atoms with Crippen LogP contribution in [0.15, 0.2) is 60.4 Å². The van der Waals surface area contributed by atoms with Crippen molar-refractivity contribution in [3.05, 3.63) is 76.5 Å². The van der Waals surface area contributed by atoms with Crippen LogP contribution in [0.3, 0.4) is 0 Å². The number of amides is 2. The quantitative estimate of drug-likeness (QED) is 0.119. The van der Waals surface area contributed by atoms with Crippen molar-refractivity contribution >= 4 is 30.9 Å². The molecule has 1 saturated carbocycles. The molecule has 13 heteroatoms. The first-order valence-corrected chi connectivity index (χ1v) is 18.2. The van der Waals surface area contributed by atoms with E-state index in [0.29, 0.717) is 18.0 Å². The van der Waals surface area contributed by atoms with Crippen LogP contribution in [0.1, 0.15) is 74.6 Å². The number of carbonyl (C=O) groups is 2. The van der Waals surface area contributed by atoms with Crippen LogP contribution in [0.25, 0.3) is 0 Å². The number of aromatic amines is 1. The van der Waals surface area contributed by atoms with Crippen molar-refractivity contribution in [2.75, 3.05) is 13.2 Å². The summed E-state index contributed by atoms with van der Waals surface area (Å²) < 4.78 is 24.3. The van der Waals surface area contributed by atoms with Gasteiger partial charge >= 0.3 is 7.75 Å². The Bertz CT molecular complexity index is 1330. The summed E-state index contributed by atoms with van der Waals surface area (Å²) in [5, 5.41) is 22.1. The Hall–Kier alpha value is -2.86. The summed E-state index contributed by atoms with van der Waals surface area (Å²) in [5.74, 6) is -0.584. The van der Waals surface area contributed by atoms with E-state index < -0.39 is 43.8 Å². The topological polar surface area (TPSA) is 155 Å². The van der Waals surface area contributed by atoms with Crippen LogP contribution in [0, 0.1) is 5.92 Å². The van der Waals surface area contributed by atoms with Gasteiger partial charge in [0.2, 0.25) is 11.8 Å². The third kappa shape index (κ3) is 10.9. The molecular weight excluding hydrogens is 613 g/mol. The van der Waals surface area contributed by atoms with Gasteiger partial charge in [-0.1, -0.05) is 68.5 Å². The Morgan fingerprint density at radius 2 is 1.71 bits per heavy atom. The minimum atomic E-state index is -3.84. The van der Waals surface area contributed by atoms with Gasteiger partial charge in [0, 0.05) is 17.5 Å². The van der Waals surface area contributed by atoms with E-state index >= 15 is 0 Å². The van der Waals surface area contributed by atoms with E-state index in [9.17, 15) is 19.3 Å². The number of hydrogen-bond acceptors (Lipinski definition) is 8. The van der Waals surface area contributed by atoms with E-state index in [4.69, 9.17) is 9.05 Å². The molecule has 5 N–H and O–H groups in total. The molecule has 45 heavy (non-hydrogen) atoms. The molecular formula is C32H46N5O6PS. The summed E-state index contributed by atoms with van der Waals surface area (Å²) in [6, 6.07) is 10.5. The molecule has 0 radical (unpaired) electrons. The Morgan fingerprint density at radius 3 is 2.33 bits per heavy atom. The lowest BCUT2D eigenvalue weighted by Gasteiger charge is -2.31. The van der Waals surface area contributed by atoms with Crippen molar-refractivity contribution in [2.24, 2.45) is 5.92 Å². The molecule has 1 aromatic carbocycles. The highest BCUT2D eigenvalue weighted by Crippen LogP contribution is 2.44. The molecule has 246 valence electrons. The number of nitrogens with zero attached hydrogens (tertiary/aromatic N) is 1. The Balaban J connectivity index is 1.57. The van der Waals surface area contributed by atoms with Gasteiger partial charge in [0.25, 0.3) is 0 Å². The van der Waals surface area contributed by atoms with Gasteiger partial charge in [0.15, 0.2) is 0 Å². The molecule has 4 atom stereocenters. The fourth-order valence-corrected chi connectivity index (χ4v) is 8.04. The van der Waals surface area contributed by atoms with Crippen LogP contribution in [0.5, 0.6) is 0 Å². The molecule has 4 rings (SSSR count). The summed E-state index contributed by atoms with van der Waals surface area (Å²) in [5.41, 5.74) is 1.41. The van der Waals surface area contributed by atoms with Crippen molar-refractivity contribution in [3.63, 3.8) is 0 Å². The highest BCUT2D eigenvalue weighted by atomic mass is 32.1. The summed E-state index contributed by atoms with van der Waals surface area (Å²) in [6.45, 7) is 3.61. The molecule has 11 nitrogen and oxygen atoms in total. The predicted octanol–water partition coefficient (Wildman–Crippen LogP) is 5.07. The average Bonchev–Trinajstić information content (AvgIpc) is 3.76. The number of hydrogen-bond donors (Lipinski definition) is 5. The van der Waals surface area contributed by atoms with E-state index in [1.54, 1.807) is 20.0 Å². The lowest BCUT2D eigenvalue weighted by Crippen LogP contribution is -2.56. The number of aliphatic hydroxyl groups is 1. The smallest absolute Gasteiger partial charge is 0.385 e. The van der Waals surface area contributed by atoms with Crippen LogP contribution in [0.2, 0.25) is 0 Å². The maximum Gasteiger partial charge on any atom is 0.406 e. The number of rotatable bonds is 18. The SMILES string of the molecule is CCOP(=O)(N[C@@H](Cc1ccccc1)C(=O)N[C@@H](Cc1c[nH]cn1)C(=O)N[C@H](CC1CCCCC1)[C@H](O)c1cccs1)OCC. The number of H-pyrrole nitrogens is 1. The zero-order valence-corrected chi connectivity index (χ0v) is 27.7. The van der Waals surface area contributed by atoms with E-state index in [2.05, 4.69) is 25.7 Å². The van der Waals surface area contributed by atoms with E-state index in [1.165, 1.54) is 24.1 Å². The van der Waals surface area contributed by atoms with Crippen LogP contribution in [-0.4, -0.2) is 58.2 Å². The fraction of sp³-hybridized carbons (Fsp3) is 0.531. The second-order valence-corrected chi connectivity index (χ2v) is 14.1. The largest absolute Gasteiger partial charge is 0.406 e. The van der Waals surface area contributed by atoms with Crippen LogP contribution in [0.4, 0.5) is 0 Å². The van der Waals surface area contributed by atoms with Crippen molar-refractivity contribution in [1.82, 2.24) is 25.7 Å². The molecule has 1 fully saturated rings. The number of nitrogens with one attached hydrogen (secondary N) is 4. The Labute approximate surface area is 269 Å². The van der Waals surface area contributed by atoms with Crippen LogP contribution in [-0.2, 0) is 36.0 Å². The second kappa shape index (κ2) is 17.7. The van der Waals surface area contributed by atoms with Gasteiger partial charge in [-0.2, -0.15) is 0 Å². The first kappa shape index (κ1) is 35.0. The Kier molecular flexibility index (Phi) is 13.8. The third-order valence-electron chi connectivity index (χ3n) is 7.97. The number of aliphatic hydroxyl groups excluding tert-OH is 1. The molecule has 1 aliphatic carbocycles. The second-order valence-electron chi connectivity index (χ2n) is 11.3. The van der Waals surface area contributed by atoms with Gasteiger partial charge in [-0.3, -0.25) is 18.6 Å². The average molecular weight is 660 g/mol. The number of imidazole rings is 1. The number of benzene rings is 1. The molecule has 3 aromatic rings. The van der Waals surface area contributed by atoms with Gasteiger partial charge < -0.3 is 20.7 Å². The lowest BCUT2D eigenvalue weighted by molar-refractivity contribution is -0.130. The maximum atomic E-state index is 14.0. The third-order valence-corrected chi connectivity index (χ3v) is 10.7. The zero-order valence-electron chi connectivity index (χ0n) is 26.0. The molecule has 0 bridgehead atoms. The summed E-state index contributed by atoms with van der Waals surface area (Å²) in [7, 11) is -3.84. The summed E-state index contributed by atoms with van der Waals surface area (Å²) in [6.07, 6.45) is 8.83. The minimum Gasteiger partial charge on any atom is -0.385 e. The van der Waals surface area contributed by atoms with E-state index in [0.717, 1.165) is 36.1 Å². The van der Waals surface area contributed by atoms with Crippen molar-refractivity contribution < 1.29 is 28.3 Å². The first-order valence-electron chi connectivity index (χ1n) is 15.8. The summed E-state index contributed by atoms with van der Waals surface area (Å²) in [4.78, 5) is 35.9. The molecule has 2 aromatic heterocycles. The summed E-state index contributed by atoms with van der Waals surface area (Å²) >= 11 is 1.45. The molecule has 2 amide bonds.